The Bertz CT molecular complexity index is 727. The highest BCUT2D eigenvalue weighted by Crippen LogP contribution is 2.32. The van der Waals surface area contributed by atoms with Gasteiger partial charge in [0.1, 0.15) is 17.1 Å². The van der Waals surface area contributed by atoms with Crippen molar-refractivity contribution in [2.75, 3.05) is 44.2 Å². The summed E-state index contributed by atoms with van der Waals surface area (Å²) in [5.74, 6) is 0.495. The standard InChI is InChI=1S/C19H27ClF2N4O2/c1-12-14(20)9-15(23-16(12)17(21)22)26-10-13(11-26)24-5-7-25(8-6-24)18(27)28-19(2,3)4/h9,13,17H,5-8,10-11H2,1-4H3. The third kappa shape index (κ3) is 4.66. The Kier molecular flexibility index (Phi) is 6.00. The van der Waals surface area contributed by atoms with Crippen molar-refractivity contribution in [1.82, 2.24) is 14.8 Å². The summed E-state index contributed by atoms with van der Waals surface area (Å²) >= 11 is 6.10. The van der Waals surface area contributed by atoms with Gasteiger partial charge in [-0.2, -0.15) is 0 Å². The Morgan fingerprint density at radius 3 is 2.39 bits per heavy atom. The molecule has 2 fully saturated rings. The Labute approximate surface area is 169 Å². The van der Waals surface area contributed by atoms with Gasteiger partial charge in [-0.05, 0) is 39.3 Å². The maximum atomic E-state index is 13.2. The number of nitrogens with zero attached hydrogens (tertiary/aromatic N) is 4. The first kappa shape index (κ1) is 21.0. The fraction of sp³-hybridized carbons (Fsp3) is 0.684. The number of anilines is 1. The quantitative estimate of drug-likeness (QED) is 0.751. The summed E-state index contributed by atoms with van der Waals surface area (Å²) in [4.78, 5) is 22.3. The van der Waals surface area contributed by atoms with Crippen LogP contribution in [0, 0.1) is 6.92 Å². The van der Waals surface area contributed by atoms with E-state index in [1.807, 2.05) is 25.7 Å². The lowest BCUT2D eigenvalue weighted by molar-refractivity contribution is 0.00872. The number of rotatable bonds is 3. The van der Waals surface area contributed by atoms with E-state index in [4.69, 9.17) is 16.3 Å². The minimum atomic E-state index is -2.64. The van der Waals surface area contributed by atoms with Crippen LogP contribution in [0.5, 0.6) is 0 Å². The number of piperazine rings is 1. The number of hydrogen-bond donors (Lipinski definition) is 0. The Balaban J connectivity index is 1.52. The van der Waals surface area contributed by atoms with Crippen molar-refractivity contribution in [2.45, 2.75) is 45.8 Å². The first-order valence-electron chi connectivity index (χ1n) is 9.47. The predicted molar refractivity (Wildman–Crippen MR) is 104 cm³/mol. The van der Waals surface area contributed by atoms with Crippen molar-refractivity contribution in [3.05, 3.63) is 22.3 Å². The molecule has 0 atom stereocenters. The molecule has 0 spiro atoms. The number of carbonyl (C=O) groups is 1. The third-order valence-corrected chi connectivity index (χ3v) is 5.50. The van der Waals surface area contributed by atoms with E-state index in [1.165, 1.54) is 0 Å². The molecule has 9 heteroatoms. The van der Waals surface area contributed by atoms with E-state index >= 15 is 0 Å². The second-order valence-electron chi connectivity index (χ2n) is 8.34. The molecule has 156 valence electrons. The van der Waals surface area contributed by atoms with Crippen LogP contribution >= 0.6 is 11.6 Å². The number of pyridine rings is 1. The zero-order valence-corrected chi connectivity index (χ0v) is 17.5. The lowest BCUT2D eigenvalue weighted by atomic mass is 10.1. The molecule has 0 radical (unpaired) electrons. The summed E-state index contributed by atoms with van der Waals surface area (Å²) in [6.45, 7) is 11.3. The lowest BCUT2D eigenvalue weighted by Crippen LogP contribution is -2.63. The van der Waals surface area contributed by atoms with Gasteiger partial charge in [-0.25, -0.2) is 18.6 Å². The number of carbonyl (C=O) groups excluding carboxylic acids is 1. The second-order valence-corrected chi connectivity index (χ2v) is 8.74. The van der Waals surface area contributed by atoms with Crippen molar-refractivity contribution >= 4 is 23.5 Å². The highest BCUT2D eigenvalue weighted by Gasteiger charge is 2.36. The smallest absolute Gasteiger partial charge is 0.410 e. The zero-order valence-electron chi connectivity index (χ0n) is 16.7. The molecule has 3 rings (SSSR count). The lowest BCUT2D eigenvalue weighted by Gasteiger charge is -2.48. The van der Waals surface area contributed by atoms with E-state index < -0.39 is 12.0 Å². The van der Waals surface area contributed by atoms with Gasteiger partial charge in [0.25, 0.3) is 6.43 Å². The Hall–Kier alpha value is -1.67. The number of halogens is 3. The number of amides is 1. The van der Waals surface area contributed by atoms with Crippen LogP contribution in [0.15, 0.2) is 6.07 Å². The zero-order chi connectivity index (χ0) is 20.6. The predicted octanol–water partition coefficient (Wildman–Crippen LogP) is 3.72. The molecule has 3 heterocycles. The van der Waals surface area contributed by atoms with Gasteiger partial charge in [-0.1, -0.05) is 11.6 Å². The fourth-order valence-corrected chi connectivity index (χ4v) is 3.62. The van der Waals surface area contributed by atoms with E-state index in [9.17, 15) is 13.6 Å². The average Bonchev–Trinajstić information content (AvgIpc) is 2.55. The summed E-state index contributed by atoms with van der Waals surface area (Å²) in [7, 11) is 0. The van der Waals surface area contributed by atoms with Crippen molar-refractivity contribution in [3.8, 4) is 0 Å². The third-order valence-electron chi connectivity index (χ3n) is 5.11. The van der Waals surface area contributed by atoms with Gasteiger partial charge in [-0.15, -0.1) is 0 Å². The molecule has 0 bridgehead atoms. The Morgan fingerprint density at radius 2 is 1.86 bits per heavy atom. The molecule has 0 saturated carbocycles. The molecule has 0 unspecified atom stereocenters. The van der Waals surface area contributed by atoms with Crippen LogP contribution in [-0.2, 0) is 4.74 Å². The maximum absolute atomic E-state index is 13.2. The van der Waals surface area contributed by atoms with Crippen LogP contribution in [0.25, 0.3) is 0 Å². The minimum Gasteiger partial charge on any atom is -0.444 e. The van der Waals surface area contributed by atoms with E-state index in [1.54, 1.807) is 17.9 Å². The Morgan fingerprint density at radius 1 is 1.25 bits per heavy atom. The van der Waals surface area contributed by atoms with Crippen molar-refractivity contribution in [3.63, 3.8) is 0 Å². The molecular weight excluding hydrogens is 390 g/mol. The summed E-state index contributed by atoms with van der Waals surface area (Å²) in [6.07, 6.45) is -2.92. The second kappa shape index (κ2) is 7.99. The van der Waals surface area contributed by atoms with Gasteiger partial charge < -0.3 is 14.5 Å². The van der Waals surface area contributed by atoms with Gasteiger partial charge in [-0.3, -0.25) is 4.90 Å². The molecule has 6 nitrogen and oxygen atoms in total. The number of aromatic nitrogens is 1. The molecular formula is C19H27ClF2N4O2. The monoisotopic (exact) mass is 416 g/mol. The molecule has 1 amide bonds. The molecule has 2 aliphatic heterocycles. The molecule has 2 aliphatic rings. The van der Waals surface area contributed by atoms with Crippen LogP contribution in [-0.4, -0.2) is 71.8 Å². The molecule has 1 aromatic rings. The maximum Gasteiger partial charge on any atom is 0.410 e. The first-order valence-corrected chi connectivity index (χ1v) is 9.85. The van der Waals surface area contributed by atoms with Gasteiger partial charge in [0.15, 0.2) is 0 Å². The van der Waals surface area contributed by atoms with Crippen LogP contribution in [0.3, 0.4) is 0 Å². The number of ether oxygens (including phenoxy) is 1. The summed E-state index contributed by atoms with van der Waals surface area (Å²) in [5, 5.41) is 0.315. The van der Waals surface area contributed by atoms with E-state index in [0.29, 0.717) is 48.6 Å². The summed E-state index contributed by atoms with van der Waals surface area (Å²) < 4.78 is 31.7. The average molecular weight is 417 g/mol. The molecule has 0 aliphatic carbocycles. The number of alkyl halides is 2. The first-order chi connectivity index (χ1) is 13.0. The van der Waals surface area contributed by atoms with Crippen molar-refractivity contribution < 1.29 is 18.3 Å². The number of hydrogen-bond acceptors (Lipinski definition) is 5. The van der Waals surface area contributed by atoms with E-state index in [-0.39, 0.29) is 11.8 Å². The van der Waals surface area contributed by atoms with E-state index in [2.05, 4.69) is 9.88 Å². The van der Waals surface area contributed by atoms with Crippen LogP contribution < -0.4 is 4.90 Å². The molecule has 2 saturated heterocycles. The van der Waals surface area contributed by atoms with Gasteiger partial charge in [0.05, 0.1) is 0 Å². The SMILES string of the molecule is Cc1c(Cl)cc(N2CC(N3CCN(C(=O)OC(C)(C)C)CC3)C2)nc1C(F)F. The normalized spacial score (nSPS) is 19.1. The topological polar surface area (TPSA) is 48.9 Å². The largest absolute Gasteiger partial charge is 0.444 e. The molecule has 28 heavy (non-hydrogen) atoms. The van der Waals surface area contributed by atoms with Crippen LogP contribution in [0.2, 0.25) is 5.02 Å². The minimum absolute atomic E-state index is 0.253. The molecule has 1 aromatic heterocycles. The highest BCUT2D eigenvalue weighted by atomic mass is 35.5. The van der Waals surface area contributed by atoms with Crippen molar-refractivity contribution in [2.24, 2.45) is 0 Å². The fourth-order valence-electron chi connectivity index (χ4n) is 3.43. The molecule has 0 aromatic carbocycles. The summed E-state index contributed by atoms with van der Waals surface area (Å²) in [6, 6.07) is 1.97. The van der Waals surface area contributed by atoms with E-state index in [0.717, 1.165) is 13.1 Å². The van der Waals surface area contributed by atoms with Crippen LogP contribution in [0.4, 0.5) is 19.4 Å². The summed E-state index contributed by atoms with van der Waals surface area (Å²) in [5.41, 5.74) is -0.421. The van der Waals surface area contributed by atoms with Crippen molar-refractivity contribution in [1.29, 1.82) is 0 Å². The van der Waals surface area contributed by atoms with Gasteiger partial charge in [0.2, 0.25) is 0 Å². The van der Waals surface area contributed by atoms with Gasteiger partial charge >= 0.3 is 6.09 Å². The highest BCUT2D eigenvalue weighted by molar-refractivity contribution is 6.31. The van der Waals surface area contributed by atoms with Crippen LogP contribution in [0.1, 0.15) is 38.5 Å². The van der Waals surface area contributed by atoms with Gasteiger partial charge in [0, 0.05) is 50.3 Å². The molecule has 0 N–H and O–H groups in total.